The average molecular weight is 403 g/mol. The maximum Gasteiger partial charge on any atom is 0.225 e. The lowest BCUT2D eigenvalue weighted by Gasteiger charge is -2.20. The van der Waals surface area contributed by atoms with Crippen molar-refractivity contribution in [1.29, 1.82) is 0 Å². The molecule has 1 atom stereocenters. The maximum atomic E-state index is 14.1. The molecular weight excluding hydrogens is 383 g/mol. The first-order chi connectivity index (χ1) is 13.9. The number of aliphatic hydroxyl groups excluding tert-OH is 1. The lowest BCUT2D eigenvalue weighted by Crippen LogP contribution is -2.30. The molecule has 0 saturated heterocycles. The van der Waals surface area contributed by atoms with Crippen molar-refractivity contribution in [3.63, 3.8) is 0 Å². The van der Waals surface area contributed by atoms with Crippen LogP contribution in [0.25, 0.3) is 11.3 Å². The Bertz CT molecular complexity index is 985. The summed E-state index contributed by atoms with van der Waals surface area (Å²) in [6.45, 7) is 3.72. The third-order valence-electron chi connectivity index (χ3n) is 4.32. The van der Waals surface area contributed by atoms with Crippen molar-refractivity contribution in [2.45, 2.75) is 19.9 Å². The van der Waals surface area contributed by atoms with Gasteiger partial charge in [0.1, 0.15) is 5.82 Å². The van der Waals surface area contributed by atoms with Crippen LogP contribution in [0, 0.1) is 23.4 Å². The highest BCUT2D eigenvalue weighted by atomic mass is 19.2. The first-order valence-corrected chi connectivity index (χ1v) is 8.96. The average Bonchev–Trinajstić information content (AvgIpc) is 2.72. The molecule has 0 bridgehead atoms. The SMILES string of the molecule is CC(C)[C@H](CO)Nc1nc(Nc2ccc(F)c(F)c2F)cc(-c2ccncc2)n1. The van der Waals surface area contributed by atoms with Crippen molar-refractivity contribution < 1.29 is 18.3 Å². The van der Waals surface area contributed by atoms with Gasteiger partial charge in [0.05, 0.1) is 24.0 Å². The van der Waals surface area contributed by atoms with Crippen LogP contribution in [0.5, 0.6) is 0 Å². The summed E-state index contributed by atoms with van der Waals surface area (Å²) < 4.78 is 40.8. The third-order valence-corrected chi connectivity index (χ3v) is 4.32. The van der Waals surface area contributed by atoms with E-state index >= 15 is 0 Å². The topological polar surface area (TPSA) is 83.0 Å². The van der Waals surface area contributed by atoms with Gasteiger partial charge in [-0.1, -0.05) is 13.8 Å². The number of aliphatic hydroxyl groups is 1. The molecule has 152 valence electrons. The second kappa shape index (κ2) is 8.87. The minimum atomic E-state index is -1.57. The van der Waals surface area contributed by atoms with Gasteiger partial charge in [-0.15, -0.1) is 0 Å². The number of rotatable bonds is 7. The highest BCUT2D eigenvalue weighted by molar-refractivity contribution is 5.67. The van der Waals surface area contributed by atoms with Gasteiger partial charge in [-0.3, -0.25) is 4.98 Å². The Morgan fingerprint density at radius 3 is 2.38 bits per heavy atom. The molecule has 6 nitrogen and oxygen atoms in total. The lowest BCUT2D eigenvalue weighted by molar-refractivity contribution is 0.248. The zero-order valence-corrected chi connectivity index (χ0v) is 15.8. The van der Waals surface area contributed by atoms with E-state index in [-0.39, 0.29) is 36.0 Å². The summed E-state index contributed by atoms with van der Waals surface area (Å²) in [5.74, 6) is -3.75. The first kappa shape index (κ1) is 20.5. The van der Waals surface area contributed by atoms with E-state index in [4.69, 9.17) is 0 Å². The van der Waals surface area contributed by atoms with Crippen molar-refractivity contribution in [3.8, 4) is 11.3 Å². The summed E-state index contributed by atoms with van der Waals surface area (Å²) in [4.78, 5) is 12.7. The fraction of sp³-hybridized carbons (Fsp3) is 0.250. The van der Waals surface area contributed by atoms with Gasteiger partial charge in [0, 0.05) is 24.0 Å². The summed E-state index contributed by atoms with van der Waals surface area (Å²) in [5, 5.41) is 15.3. The standard InChI is InChI=1S/C20H20F3N5O/c1-11(2)16(10-29)27-20-26-15(12-5-7-24-8-6-12)9-17(28-20)25-14-4-3-13(21)18(22)19(14)23/h3-9,11,16,29H,10H2,1-2H3,(H2,25,26,27,28)/t16-/m0/s1. The molecule has 0 saturated carbocycles. The van der Waals surface area contributed by atoms with E-state index in [1.54, 1.807) is 30.6 Å². The molecule has 0 spiro atoms. The van der Waals surface area contributed by atoms with Crippen molar-refractivity contribution in [2.75, 3.05) is 17.2 Å². The van der Waals surface area contributed by atoms with E-state index in [0.29, 0.717) is 5.69 Å². The van der Waals surface area contributed by atoms with Crippen molar-refractivity contribution in [1.82, 2.24) is 15.0 Å². The molecule has 3 aromatic rings. The van der Waals surface area contributed by atoms with Gasteiger partial charge in [0.15, 0.2) is 17.5 Å². The van der Waals surface area contributed by atoms with Crippen molar-refractivity contribution in [2.24, 2.45) is 5.92 Å². The minimum absolute atomic E-state index is 0.0910. The van der Waals surface area contributed by atoms with Crippen molar-refractivity contribution >= 4 is 17.5 Å². The van der Waals surface area contributed by atoms with Crippen LogP contribution in [0.1, 0.15) is 13.8 Å². The largest absolute Gasteiger partial charge is 0.394 e. The Morgan fingerprint density at radius 1 is 1.00 bits per heavy atom. The van der Waals surface area contributed by atoms with Crippen molar-refractivity contribution in [3.05, 3.63) is 60.2 Å². The quantitative estimate of drug-likeness (QED) is 0.515. The van der Waals surface area contributed by atoms with Crippen LogP contribution in [0.3, 0.4) is 0 Å². The van der Waals surface area contributed by atoms with Gasteiger partial charge in [-0.05, 0) is 30.2 Å². The van der Waals surface area contributed by atoms with E-state index in [9.17, 15) is 18.3 Å². The lowest BCUT2D eigenvalue weighted by atomic mass is 10.1. The predicted molar refractivity (Wildman–Crippen MR) is 104 cm³/mol. The molecule has 9 heteroatoms. The fourth-order valence-corrected chi connectivity index (χ4v) is 2.60. The highest BCUT2D eigenvalue weighted by Gasteiger charge is 2.17. The number of aromatic nitrogens is 3. The van der Waals surface area contributed by atoms with Crippen LogP contribution in [-0.4, -0.2) is 32.7 Å². The maximum absolute atomic E-state index is 14.1. The Morgan fingerprint density at radius 2 is 1.72 bits per heavy atom. The Labute approximate surface area is 165 Å². The number of halogens is 3. The first-order valence-electron chi connectivity index (χ1n) is 8.96. The Kier molecular flexibility index (Phi) is 6.28. The highest BCUT2D eigenvalue weighted by Crippen LogP contribution is 2.26. The second-order valence-corrected chi connectivity index (χ2v) is 6.72. The molecule has 0 fully saturated rings. The molecule has 3 N–H and O–H groups in total. The van der Waals surface area contributed by atoms with E-state index in [1.807, 2.05) is 13.8 Å². The summed E-state index contributed by atoms with van der Waals surface area (Å²) in [5.41, 5.74) is 0.956. The van der Waals surface area contributed by atoms with Crippen LogP contribution >= 0.6 is 0 Å². The molecule has 0 aliphatic carbocycles. The van der Waals surface area contributed by atoms with Crippen LogP contribution in [0.4, 0.5) is 30.6 Å². The van der Waals surface area contributed by atoms with E-state index in [1.165, 1.54) is 0 Å². The zero-order valence-electron chi connectivity index (χ0n) is 15.8. The third kappa shape index (κ3) is 4.80. The van der Waals surface area contributed by atoms with Gasteiger partial charge < -0.3 is 15.7 Å². The number of pyridine rings is 1. The second-order valence-electron chi connectivity index (χ2n) is 6.72. The van der Waals surface area contributed by atoms with Gasteiger partial charge in [0.25, 0.3) is 0 Å². The van der Waals surface area contributed by atoms with E-state index in [0.717, 1.165) is 17.7 Å². The molecule has 2 aromatic heterocycles. The van der Waals surface area contributed by atoms with E-state index < -0.39 is 17.5 Å². The number of hydrogen-bond donors (Lipinski definition) is 3. The number of nitrogens with zero attached hydrogens (tertiary/aromatic N) is 3. The fourth-order valence-electron chi connectivity index (χ4n) is 2.60. The Hall–Kier alpha value is -3.20. The summed E-state index contributed by atoms with van der Waals surface area (Å²) in [6.07, 6.45) is 3.19. The number of anilines is 3. The molecule has 0 radical (unpaired) electrons. The normalized spacial score (nSPS) is 12.1. The van der Waals surface area contributed by atoms with Crippen LogP contribution in [-0.2, 0) is 0 Å². The van der Waals surface area contributed by atoms with Crippen LogP contribution < -0.4 is 10.6 Å². The monoisotopic (exact) mass is 403 g/mol. The number of benzene rings is 1. The molecule has 3 rings (SSSR count). The molecule has 0 aliphatic rings. The number of hydrogen-bond acceptors (Lipinski definition) is 6. The summed E-state index contributed by atoms with van der Waals surface area (Å²) >= 11 is 0. The van der Waals surface area contributed by atoms with Gasteiger partial charge in [-0.25, -0.2) is 18.2 Å². The summed E-state index contributed by atoms with van der Waals surface area (Å²) in [7, 11) is 0. The molecular formula is C20H20F3N5O. The molecule has 0 unspecified atom stereocenters. The molecule has 2 heterocycles. The van der Waals surface area contributed by atoms with Gasteiger partial charge in [-0.2, -0.15) is 4.98 Å². The van der Waals surface area contributed by atoms with Gasteiger partial charge in [0.2, 0.25) is 5.95 Å². The zero-order chi connectivity index (χ0) is 21.0. The minimum Gasteiger partial charge on any atom is -0.394 e. The van der Waals surface area contributed by atoms with Crippen LogP contribution in [0.2, 0.25) is 0 Å². The molecule has 0 amide bonds. The molecule has 0 aliphatic heterocycles. The van der Waals surface area contributed by atoms with E-state index in [2.05, 4.69) is 25.6 Å². The molecule has 1 aromatic carbocycles. The van der Waals surface area contributed by atoms with Gasteiger partial charge >= 0.3 is 0 Å². The van der Waals surface area contributed by atoms with Crippen LogP contribution in [0.15, 0.2) is 42.7 Å². The smallest absolute Gasteiger partial charge is 0.225 e. The number of nitrogens with one attached hydrogen (secondary N) is 2. The predicted octanol–water partition coefficient (Wildman–Crippen LogP) is 4.13. The molecule has 29 heavy (non-hydrogen) atoms. The summed E-state index contributed by atoms with van der Waals surface area (Å²) in [6, 6.07) is 6.62. The Balaban J connectivity index is 2.01.